The lowest BCUT2D eigenvalue weighted by Crippen LogP contribution is -2.22. The molecular formula is C10H10BrNOS. The van der Waals surface area contributed by atoms with Crippen LogP contribution in [-0.2, 0) is 4.79 Å². The molecule has 1 heterocycles. The third-order valence-electron chi connectivity index (χ3n) is 2.16. The maximum Gasteiger partial charge on any atom is 0.234 e. The number of halogens is 1. The van der Waals surface area contributed by atoms with E-state index in [0.717, 1.165) is 10.0 Å². The van der Waals surface area contributed by atoms with E-state index in [-0.39, 0.29) is 16.5 Å². The van der Waals surface area contributed by atoms with Gasteiger partial charge in [0.25, 0.3) is 0 Å². The van der Waals surface area contributed by atoms with Crippen molar-refractivity contribution >= 4 is 33.6 Å². The van der Waals surface area contributed by atoms with Gasteiger partial charge in [0.2, 0.25) is 5.91 Å². The van der Waals surface area contributed by atoms with Gasteiger partial charge in [-0.05, 0) is 24.6 Å². The number of hydrogen-bond acceptors (Lipinski definition) is 2. The number of nitrogens with one attached hydrogen (secondary N) is 1. The summed E-state index contributed by atoms with van der Waals surface area (Å²) in [6.07, 6.45) is 0. The summed E-state index contributed by atoms with van der Waals surface area (Å²) in [5.74, 6) is 0.128. The Morgan fingerprint density at radius 3 is 2.50 bits per heavy atom. The predicted octanol–water partition coefficient (Wildman–Crippen LogP) is 2.70. The molecule has 0 aliphatic carbocycles. The lowest BCUT2D eigenvalue weighted by Gasteiger charge is -2.08. The maximum absolute atomic E-state index is 11.3. The summed E-state index contributed by atoms with van der Waals surface area (Å²) in [7, 11) is 0. The highest BCUT2D eigenvalue weighted by Gasteiger charge is 2.29. The van der Waals surface area contributed by atoms with Crippen molar-refractivity contribution in [2.45, 2.75) is 17.5 Å². The van der Waals surface area contributed by atoms with Gasteiger partial charge in [-0.15, -0.1) is 11.8 Å². The minimum Gasteiger partial charge on any atom is -0.339 e. The molecule has 2 rings (SSSR count). The predicted molar refractivity (Wildman–Crippen MR) is 62.1 cm³/mol. The van der Waals surface area contributed by atoms with Crippen molar-refractivity contribution in [2.24, 2.45) is 0 Å². The highest BCUT2D eigenvalue weighted by molar-refractivity contribution is 9.10. The van der Waals surface area contributed by atoms with Crippen molar-refractivity contribution in [1.82, 2.24) is 5.32 Å². The van der Waals surface area contributed by atoms with Gasteiger partial charge in [-0.1, -0.05) is 28.1 Å². The third-order valence-corrected chi connectivity index (χ3v) is 3.97. The van der Waals surface area contributed by atoms with Gasteiger partial charge < -0.3 is 5.32 Å². The fourth-order valence-corrected chi connectivity index (χ4v) is 2.71. The second-order valence-corrected chi connectivity index (χ2v) is 5.58. The Bertz CT molecular complexity index is 352. The van der Waals surface area contributed by atoms with Crippen LogP contribution < -0.4 is 5.32 Å². The topological polar surface area (TPSA) is 29.1 Å². The minimum absolute atomic E-state index is 0.0589. The van der Waals surface area contributed by atoms with Gasteiger partial charge in [-0.2, -0.15) is 0 Å². The van der Waals surface area contributed by atoms with Crippen LogP contribution in [-0.4, -0.2) is 11.2 Å². The van der Waals surface area contributed by atoms with E-state index >= 15 is 0 Å². The quantitative estimate of drug-likeness (QED) is 0.851. The highest BCUT2D eigenvalue weighted by atomic mass is 79.9. The molecule has 0 spiro atoms. The maximum atomic E-state index is 11.3. The normalized spacial score (nSPS) is 26.3. The molecule has 1 aliphatic heterocycles. The molecule has 0 saturated carbocycles. The lowest BCUT2D eigenvalue weighted by molar-refractivity contribution is -0.119. The summed E-state index contributed by atoms with van der Waals surface area (Å²) in [5.41, 5.74) is 1.15. The van der Waals surface area contributed by atoms with E-state index in [0.29, 0.717) is 0 Å². The monoisotopic (exact) mass is 271 g/mol. The summed E-state index contributed by atoms with van der Waals surface area (Å²) in [4.78, 5) is 11.3. The second kappa shape index (κ2) is 3.95. The first-order chi connectivity index (χ1) is 6.66. The number of rotatable bonds is 1. The average Bonchev–Trinajstić information content (AvgIpc) is 2.48. The molecule has 1 aliphatic rings. The molecule has 1 aromatic rings. The van der Waals surface area contributed by atoms with Gasteiger partial charge in [-0.3, -0.25) is 4.79 Å². The zero-order chi connectivity index (χ0) is 10.1. The molecule has 1 saturated heterocycles. The molecule has 74 valence electrons. The van der Waals surface area contributed by atoms with E-state index in [4.69, 9.17) is 0 Å². The van der Waals surface area contributed by atoms with Crippen LogP contribution in [0.1, 0.15) is 17.9 Å². The first-order valence-electron chi connectivity index (χ1n) is 4.38. The Morgan fingerprint density at radius 2 is 2.00 bits per heavy atom. The fraction of sp³-hybridized carbons (Fsp3) is 0.300. The summed E-state index contributed by atoms with van der Waals surface area (Å²) in [6.45, 7) is 1.93. The lowest BCUT2D eigenvalue weighted by atomic mass is 10.2. The number of hydrogen-bond donors (Lipinski definition) is 1. The molecule has 2 unspecified atom stereocenters. The largest absolute Gasteiger partial charge is 0.339 e. The Morgan fingerprint density at radius 1 is 1.36 bits per heavy atom. The molecule has 0 radical (unpaired) electrons. The molecule has 0 aromatic heterocycles. The number of amides is 1. The van der Waals surface area contributed by atoms with E-state index in [9.17, 15) is 4.79 Å². The fourth-order valence-electron chi connectivity index (χ4n) is 1.35. The second-order valence-electron chi connectivity index (χ2n) is 3.22. The Kier molecular flexibility index (Phi) is 2.83. The number of carbonyl (C=O) groups excluding carboxylic acids is 1. The molecule has 1 N–H and O–H groups in total. The molecular weight excluding hydrogens is 262 g/mol. The van der Waals surface area contributed by atoms with Crippen molar-refractivity contribution in [3.05, 3.63) is 34.3 Å². The van der Waals surface area contributed by atoms with Gasteiger partial charge in [0.1, 0.15) is 5.37 Å². The molecule has 1 aromatic carbocycles. The van der Waals surface area contributed by atoms with Crippen LogP contribution >= 0.6 is 27.7 Å². The van der Waals surface area contributed by atoms with Crippen LogP contribution in [0.5, 0.6) is 0 Å². The van der Waals surface area contributed by atoms with Gasteiger partial charge in [0.05, 0.1) is 5.25 Å². The van der Waals surface area contributed by atoms with Crippen LogP contribution in [0, 0.1) is 0 Å². The zero-order valence-electron chi connectivity index (χ0n) is 7.66. The van der Waals surface area contributed by atoms with E-state index in [1.54, 1.807) is 11.8 Å². The van der Waals surface area contributed by atoms with Crippen molar-refractivity contribution in [1.29, 1.82) is 0 Å². The van der Waals surface area contributed by atoms with Crippen molar-refractivity contribution in [3.63, 3.8) is 0 Å². The Balaban J connectivity index is 2.17. The zero-order valence-corrected chi connectivity index (χ0v) is 10.1. The van der Waals surface area contributed by atoms with Crippen LogP contribution in [0.2, 0.25) is 0 Å². The van der Waals surface area contributed by atoms with Gasteiger partial charge >= 0.3 is 0 Å². The number of thioether (sulfide) groups is 1. The first-order valence-corrected chi connectivity index (χ1v) is 6.12. The highest BCUT2D eigenvalue weighted by Crippen LogP contribution is 2.35. The van der Waals surface area contributed by atoms with Gasteiger partial charge in [0.15, 0.2) is 0 Å². The van der Waals surface area contributed by atoms with Gasteiger partial charge in [-0.25, -0.2) is 0 Å². The van der Waals surface area contributed by atoms with Crippen LogP contribution in [0.4, 0.5) is 0 Å². The number of carbonyl (C=O) groups is 1. The molecule has 0 bridgehead atoms. The molecule has 14 heavy (non-hydrogen) atoms. The summed E-state index contributed by atoms with van der Waals surface area (Å²) >= 11 is 5.04. The number of benzene rings is 1. The molecule has 1 amide bonds. The van der Waals surface area contributed by atoms with E-state index < -0.39 is 0 Å². The summed E-state index contributed by atoms with van der Waals surface area (Å²) < 4.78 is 1.06. The Labute approximate surface area is 95.6 Å². The van der Waals surface area contributed by atoms with Crippen LogP contribution in [0.3, 0.4) is 0 Å². The van der Waals surface area contributed by atoms with Crippen molar-refractivity contribution in [2.75, 3.05) is 0 Å². The van der Waals surface area contributed by atoms with Crippen molar-refractivity contribution in [3.8, 4) is 0 Å². The smallest absolute Gasteiger partial charge is 0.234 e. The third kappa shape index (κ3) is 1.96. The van der Waals surface area contributed by atoms with Gasteiger partial charge in [0, 0.05) is 4.47 Å². The SMILES string of the molecule is CC1SC(c2ccc(Br)cc2)NC1=O. The first kappa shape index (κ1) is 10.1. The standard InChI is InChI=1S/C10H10BrNOS/c1-6-9(13)12-10(14-6)7-2-4-8(11)5-3-7/h2-6,10H,1H3,(H,12,13). The Hall–Kier alpha value is -0.480. The van der Waals surface area contributed by atoms with Crippen LogP contribution in [0.25, 0.3) is 0 Å². The van der Waals surface area contributed by atoms with E-state index in [1.807, 2.05) is 31.2 Å². The summed E-state index contributed by atoms with van der Waals surface area (Å²) in [5, 5.41) is 3.12. The summed E-state index contributed by atoms with van der Waals surface area (Å²) in [6, 6.07) is 8.04. The van der Waals surface area contributed by atoms with E-state index in [2.05, 4.69) is 21.2 Å². The van der Waals surface area contributed by atoms with E-state index in [1.165, 1.54) is 0 Å². The average molecular weight is 272 g/mol. The molecule has 2 atom stereocenters. The minimum atomic E-state index is 0.0589. The van der Waals surface area contributed by atoms with Crippen LogP contribution in [0.15, 0.2) is 28.7 Å². The molecule has 2 nitrogen and oxygen atoms in total. The van der Waals surface area contributed by atoms with Crippen molar-refractivity contribution < 1.29 is 4.79 Å². The molecule has 1 fully saturated rings. The molecule has 4 heteroatoms.